The number of nitrogens with one attached hydrogen (secondary N) is 2. The van der Waals surface area contributed by atoms with Crippen molar-refractivity contribution in [1.82, 2.24) is 25.1 Å². The molecule has 0 bridgehead atoms. The molecule has 0 spiro atoms. The van der Waals surface area contributed by atoms with Crippen molar-refractivity contribution in [3.8, 4) is 0 Å². The molecule has 0 aliphatic rings. The zero-order valence-electron chi connectivity index (χ0n) is 15.1. The van der Waals surface area contributed by atoms with Crippen LogP contribution in [0.2, 0.25) is 0 Å². The van der Waals surface area contributed by atoms with Gasteiger partial charge in [-0.2, -0.15) is 0 Å². The van der Waals surface area contributed by atoms with Gasteiger partial charge in [-0.15, -0.1) is 24.0 Å². The van der Waals surface area contributed by atoms with Crippen molar-refractivity contribution in [1.29, 1.82) is 0 Å². The lowest BCUT2D eigenvalue weighted by molar-refractivity contribution is 0.173. The first-order chi connectivity index (χ1) is 10.5. The number of rotatable bonds is 9. The Kier molecular flexibility index (Phi) is 12.1. The Morgan fingerprint density at radius 1 is 1.17 bits per heavy atom. The van der Waals surface area contributed by atoms with Gasteiger partial charge in [0.2, 0.25) is 0 Å². The molecule has 0 radical (unpaired) electrons. The second kappa shape index (κ2) is 12.6. The van der Waals surface area contributed by atoms with Crippen molar-refractivity contribution in [2.75, 3.05) is 26.7 Å². The van der Waals surface area contributed by atoms with Crippen molar-refractivity contribution < 1.29 is 0 Å². The van der Waals surface area contributed by atoms with E-state index in [1.807, 2.05) is 17.1 Å². The lowest BCUT2D eigenvalue weighted by Gasteiger charge is -2.30. The maximum atomic E-state index is 4.25. The Bertz CT molecular complexity index is 408. The first-order valence-corrected chi connectivity index (χ1v) is 8.20. The van der Waals surface area contributed by atoms with E-state index in [0.29, 0.717) is 12.1 Å². The number of halogens is 1. The molecule has 1 heterocycles. The number of imidazole rings is 1. The smallest absolute Gasteiger partial charge is 0.191 e. The average Bonchev–Trinajstić information content (AvgIpc) is 2.97. The van der Waals surface area contributed by atoms with Crippen LogP contribution in [-0.4, -0.2) is 59.2 Å². The highest BCUT2D eigenvalue weighted by Crippen LogP contribution is 2.05. The Balaban J connectivity index is 0.00000484. The monoisotopic (exact) mass is 436 g/mol. The van der Waals surface area contributed by atoms with Gasteiger partial charge in [0.25, 0.3) is 0 Å². The predicted molar refractivity (Wildman–Crippen MR) is 109 cm³/mol. The summed E-state index contributed by atoms with van der Waals surface area (Å²) in [5.74, 6) is 0.862. The van der Waals surface area contributed by atoms with E-state index in [9.17, 15) is 0 Å². The Morgan fingerprint density at radius 3 is 2.35 bits per heavy atom. The number of aliphatic imine (C=N–C) groups is 1. The molecule has 0 aromatic carbocycles. The summed E-state index contributed by atoms with van der Waals surface area (Å²) in [4.78, 5) is 10.8. The second-order valence-corrected chi connectivity index (χ2v) is 6.01. The third kappa shape index (κ3) is 9.14. The standard InChI is InChI=1S/C16H32N6.HI/c1-14(2)22(15(3)4)10-6-7-19-16(17-5)20-9-12-21-11-8-18-13-21;/h8,11,13-15H,6-7,9-10,12H2,1-5H3,(H2,17,19,20);1H. The van der Waals surface area contributed by atoms with Gasteiger partial charge < -0.3 is 15.2 Å². The summed E-state index contributed by atoms with van der Waals surface area (Å²) in [7, 11) is 1.81. The van der Waals surface area contributed by atoms with Gasteiger partial charge in [-0.3, -0.25) is 9.89 Å². The predicted octanol–water partition coefficient (Wildman–Crippen LogP) is 2.18. The number of nitrogens with zero attached hydrogens (tertiary/aromatic N) is 4. The van der Waals surface area contributed by atoms with E-state index in [1.54, 1.807) is 13.2 Å². The molecule has 6 nitrogen and oxygen atoms in total. The molecule has 23 heavy (non-hydrogen) atoms. The summed E-state index contributed by atoms with van der Waals surface area (Å²) in [6.45, 7) is 12.8. The summed E-state index contributed by atoms with van der Waals surface area (Å²) >= 11 is 0. The lowest BCUT2D eigenvalue weighted by Crippen LogP contribution is -2.42. The van der Waals surface area contributed by atoms with E-state index in [-0.39, 0.29) is 24.0 Å². The number of aromatic nitrogens is 2. The molecule has 0 aliphatic carbocycles. The van der Waals surface area contributed by atoms with Crippen LogP contribution in [0.15, 0.2) is 23.7 Å². The summed E-state index contributed by atoms with van der Waals surface area (Å²) in [6, 6.07) is 1.18. The minimum absolute atomic E-state index is 0. The zero-order valence-corrected chi connectivity index (χ0v) is 17.4. The fourth-order valence-electron chi connectivity index (χ4n) is 2.52. The van der Waals surface area contributed by atoms with Crippen molar-refractivity contribution >= 4 is 29.9 Å². The van der Waals surface area contributed by atoms with Crippen LogP contribution in [-0.2, 0) is 6.54 Å². The molecule has 1 aromatic rings. The van der Waals surface area contributed by atoms with Gasteiger partial charge in [0.1, 0.15) is 0 Å². The van der Waals surface area contributed by atoms with Gasteiger partial charge >= 0.3 is 0 Å². The fourth-order valence-corrected chi connectivity index (χ4v) is 2.52. The molecular formula is C16H33IN6. The molecule has 134 valence electrons. The maximum Gasteiger partial charge on any atom is 0.191 e. The Labute approximate surface area is 158 Å². The van der Waals surface area contributed by atoms with Crippen LogP contribution in [0.25, 0.3) is 0 Å². The van der Waals surface area contributed by atoms with Gasteiger partial charge in [-0.1, -0.05) is 0 Å². The van der Waals surface area contributed by atoms with Crippen molar-refractivity contribution in [2.45, 2.75) is 52.7 Å². The third-order valence-electron chi connectivity index (χ3n) is 3.66. The van der Waals surface area contributed by atoms with Gasteiger partial charge in [-0.25, -0.2) is 4.98 Å². The first kappa shape index (κ1) is 22.2. The summed E-state index contributed by atoms with van der Waals surface area (Å²) in [5, 5.41) is 6.69. The molecule has 0 atom stereocenters. The maximum absolute atomic E-state index is 4.25. The minimum Gasteiger partial charge on any atom is -0.356 e. The molecule has 2 N–H and O–H groups in total. The van der Waals surface area contributed by atoms with Crippen LogP contribution < -0.4 is 10.6 Å². The Morgan fingerprint density at radius 2 is 1.83 bits per heavy atom. The number of hydrogen-bond donors (Lipinski definition) is 2. The van der Waals surface area contributed by atoms with E-state index < -0.39 is 0 Å². The quantitative estimate of drug-likeness (QED) is 0.270. The van der Waals surface area contributed by atoms with Gasteiger partial charge in [0.15, 0.2) is 5.96 Å². The molecule has 7 heteroatoms. The van der Waals surface area contributed by atoms with E-state index >= 15 is 0 Å². The SMILES string of the molecule is CN=C(NCCCN(C(C)C)C(C)C)NCCn1ccnc1.I. The first-order valence-electron chi connectivity index (χ1n) is 8.20. The zero-order chi connectivity index (χ0) is 16.4. The van der Waals surface area contributed by atoms with Crippen LogP contribution in [0.5, 0.6) is 0 Å². The van der Waals surface area contributed by atoms with Crippen molar-refractivity contribution in [2.24, 2.45) is 4.99 Å². The normalized spacial score (nSPS) is 11.9. The molecule has 0 unspecified atom stereocenters. The summed E-state index contributed by atoms with van der Waals surface area (Å²) in [5.41, 5.74) is 0. The van der Waals surface area contributed by atoms with Crippen LogP contribution in [0.4, 0.5) is 0 Å². The Hall–Kier alpha value is -0.830. The van der Waals surface area contributed by atoms with Crippen molar-refractivity contribution in [3.63, 3.8) is 0 Å². The molecule has 1 rings (SSSR count). The fraction of sp³-hybridized carbons (Fsp3) is 0.750. The molecule has 0 amide bonds. The molecule has 1 aromatic heterocycles. The summed E-state index contributed by atoms with van der Waals surface area (Å²) < 4.78 is 2.05. The van der Waals surface area contributed by atoms with Crippen LogP contribution >= 0.6 is 24.0 Å². The molecule has 0 saturated carbocycles. The van der Waals surface area contributed by atoms with Gasteiger partial charge in [0.05, 0.1) is 6.33 Å². The molecule has 0 saturated heterocycles. The van der Waals surface area contributed by atoms with Crippen LogP contribution in [0, 0.1) is 0 Å². The highest BCUT2D eigenvalue weighted by Gasteiger charge is 2.12. The van der Waals surface area contributed by atoms with Crippen molar-refractivity contribution in [3.05, 3.63) is 18.7 Å². The van der Waals surface area contributed by atoms with E-state index in [0.717, 1.165) is 38.6 Å². The lowest BCUT2D eigenvalue weighted by atomic mass is 10.2. The topological polar surface area (TPSA) is 57.5 Å². The van der Waals surface area contributed by atoms with Crippen LogP contribution in [0.1, 0.15) is 34.1 Å². The van der Waals surface area contributed by atoms with E-state index in [2.05, 4.69) is 53.2 Å². The van der Waals surface area contributed by atoms with Gasteiger partial charge in [0, 0.05) is 57.7 Å². The second-order valence-electron chi connectivity index (χ2n) is 6.01. The summed E-state index contributed by atoms with van der Waals surface area (Å²) in [6.07, 6.45) is 6.69. The average molecular weight is 436 g/mol. The molecule has 0 fully saturated rings. The minimum atomic E-state index is 0. The highest BCUT2D eigenvalue weighted by atomic mass is 127. The van der Waals surface area contributed by atoms with E-state index in [4.69, 9.17) is 0 Å². The van der Waals surface area contributed by atoms with Crippen LogP contribution in [0.3, 0.4) is 0 Å². The molecular weight excluding hydrogens is 403 g/mol. The number of hydrogen-bond acceptors (Lipinski definition) is 3. The highest BCUT2D eigenvalue weighted by molar-refractivity contribution is 14.0. The van der Waals surface area contributed by atoms with E-state index in [1.165, 1.54) is 0 Å². The largest absolute Gasteiger partial charge is 0.356 e. The molecule has 0 aliphatic heterocycles. The third-order valence-corrected chi connectivity index (χ3v) is 3.66. The van der Waals surface area contributed by atoms with Gasteiger partial charge in [-0.05, 0) is 34.1 Å². The number of guanidine groups is 1.